The second-order valence-corrected chi connectivity index (χ2v) is 7.10. The molecule has 1 N–H and O–H groups in total. The average molecular weight is 407 g/mol. The van der Waals surface area contributed by atoms with Crippen molar-refractivity contribution in [2.45, 2.75) is 38.6 Å². The lowest BCUT2D eigenvalue weighted by molar-refractivity contribution is -0.118. The standard InChI is InChI=1S/C19H23BrN2O3/c1-12-6-4-5-7-16(12)22-19(23)14(11-21)8-13-9-15(20)18(25-3)17(10-13)24-2/h8-10,12,16H,4-7H2,1-3H3,(H,22,23)/b14-8+/t12-,16+/m0/s1. The molecule has 1 aromatic carbocycles. The number of benzene rings is 1. The molecule has 25 heavy (non-hydrogen) atoms. The molecule has 6 heteroatoms. The summed E-state index contributed by atoms with van der Waals surface area (Å²) in [5, 5.41) is 12.4. The minimum absolute atomic E-state index is 0.0805. The number of hydrogen-bond donors (Lipinski definition) is 1. The second kappa shape index (κ2) is 8.91. The van der Waals surface area contributed by atoms with Crippen LogP contribution >= 0.6 is 15.9 Å². The fourth-order valence-electron chi connectivity index (χ4n) is 3.11. The van der Waals surface area contributed by atoms with Crippen LogP contribution in [0.2, 0.25) is 0 Å². The van der Waals surface area contributed by atoms with Crippen molar-refractivity contribution in [2.75, 3.05) is 14.2 Å². The second-order valence-electron chi connectivity index (χ2n) is 6.25. The maximum Gasteiger partial charge on any atom is 0.262 e. The van der Waals surface area contributed by atoms with E-state index in [-0.39, 0.29) is 17.5 Å². The van der Waals surface area contributed by atoms with E-state index in [0.717, 1.165) is 19.3 Å². The van der Waals surface area contributed by atoms with E-state index < -0.39 is 0 Å². The zero-order valence-corrected chi connectivity index (χ0v) is 16.4. The summed E-state index contributed by atoms with van der Waals surface area (Å²) in [4.78, 5) is 12.5. The molecule has 2 rings (SSSR count). The number of halogens is 1. The van der Waals surface area contributed by atoms with Gasteiger partial charge in [0, 0.05) is 6.04 Å². The highest BCUT2D eigenvalue weighted by Gasteiger charge is 2.24. The molecule has 0 spiro atoms. The smallest absolute Gasteiger partial charge is 0.262 e. The number of rotatable bonds is 5. The molecule has 1 aliphatic carbocycles. The van der Waals surface area contributed by atoms with Crippen LogP contribution in [-0.2, 0) is 4.79 Å². The fraction of sp³-hybridized carbons (Fsp3) is 0.474. The summed E-state index contributed by atoms with van der Waals surface area (Å²) in [6.45, 7) is 2.14. The molecule has 1 aromatic rings. The number of nitrogens with one attached hydrogen (secondary N) is 1. The van der Waals surface area contributed by atoms with Gasteiger partial charge >= 0.3 is 0 Å². The van der Waals surface area contributed by atoms with E-state index in [4.69, 9.17) is 9.47 Å². The van der Waals surface area contributed by atoms with E-state index in [2.05, 4.69) is 28.2 Å². The van der Waals surface area contributed by atoms with Crippen molar-refractivity contribution in [2.24, 2.45) is 5.92 Å². The van der Waals surface area contributed by atoms with Gasteiger partial charge in [0.2, 0.25) is 0 Å². The van der Waals surface area contributed by atoms with Gasteiger partial charge in [-0.3, -0.25) is 4.79 Å². The van der Waals surface area contributed by atoms with Gasteiger partial charge < -0.3 is 14.8 Å². The van der Waals surface area contributed by atoms with Gasteiger partial charge in [-0.25, -0.2) is 0 Å². The van der Waals surface area contributed by atoms with Gasteiger partial charge in [0.05, 0.1) is 18.7 Å². The molecule has 0 aromatic heterocycles. The number of carbonyl (C=O) groups excluding carboxylic acids is 1. The minimum atomic E-state index is -0.327. The molecule has 0 heterocycles. The van der Waals surface area contributed by atoms with Gasteiger partial charge in [0.15, 0.2) is 11.5 Å². The van der Waals surface area contributed by atoms with Crippen LogP contribution in [0.25, 0.3) is 6.08 Å². The normalized spacial score (nSPS) is 20.5. The Hall–Kier alpha value is -2.00. The molecule has 2 atom stereocenters. The van der Waals surface area contributed by atoms with Gasteiger partial charge in [-0.1, -0.05) is 19.8 Å². The Bertz CT molecular complexity index is 709. The first-order chi connectivity index (χ1) is 12.0. The highest BCUT2D eigenvalue weighted by atomic mass is 79.9. The SMILES string of the molecule is COc1cc(/C=C(\C#N)C(=O)N[C@@H]2CCCC[C@@H]2C)cc(Br)c1OC. The Balaban J connectivity index is 2.23. The van der Waals surface area contributed by atoms with Crippen molar-refractivity contribution >= 4 is 27.9 Å². The number of amides is 1. The monoisotopic (exact) mass is 406 g/mol. The molecule has 1 fully saturated rings. The van der Waals surface area contributed by atoms with Crippen molar-refractivity contribution < 1.29 is 14.3 Å². The minimum Gasteiger partial charge on any atom is -0.493 e. The molecular formula is C19H23BrN2O3. The zero-order valence-electron chi connectivity index (χ0n) is 14.8. The molecule has 0 aliphatic heterocycles. The summed E-state index contributed by atoms with van der Waals surface area (Å²) in [6.07, 6.45) is 5.96. The molecule has 134 valence electrons. The first-order valence-corrected chi connectivity index (χ1v) is 9.13. The lowest BCUT2D eigenvalue weighted by Gasteiger charge is -2.29. The van der Waals surface area contributed by atoms with Crippen LogP contribution in [0.15, 0.2) is 22.2 Å². The molecule has 1 saturated carbocycles. The van der Waals surface area contributed by atoms with E-state index in [9.17, 15) is 10.1 Å². The van der Waals surface area contributed by atoms with E-state index in [1.165, 1.54) is 6.42 Å². The Morgan fingerprint density at radius 3 is 2.64 bits per heavy atom. The number of carbonyl (C=O) groups is 1. The third kappa shape index (κ3) is 4.76. The van der Waals surface area contributed by atoms with Crippen LogP contribution in [0.1, 0.15) is 38.2 Å². The van der Waals surface area contributed by atoms with Crippen molar-refractivity contribution in [1.82, 2.24) is 5.32 Å². The quantitative estimate of drug-likeness (QED) is 0.590. The van der Waals surface area contributed by atoms with Gasteiger partial charge in [-0.15, -0.1) is 0 Å². The largest absolute Gasteiger partial charge is 0.493 e. The van der Waals surface area contributed by atoms with Crippen molar-refractivity contribution in [1.29, 1.82) is 5.26 Å². The summed E-state index contributed by atoms with van der Waals surface area (Å²) >= 11 is 3.42. The summed E-state index contributed by atoms with van der Waals surface area (Å²) in [6, 6.07) is 5.66. The van der Waals surface area contributed by atoms with Crippen LogP contribution < -0.4 is 14.8 Å². The number of hydrogen-bond acceptors (Lipinski definition) is 4. The van der Waals surface area contributed by atoms with Crippen molar-refractivity contribution in [3.05, 3.63) is 27.7 Å². The van der Waals surface area contributed by atoms with Gasteiger partial charge in [-0.05, 0) is 58.5 Å². The molecule has 5 nitrogen and oxygen atoms in total. The summed E-state index contributed by atoms with van der Waals surface area (Å²) < 4.78 is 11.3. The molecule has 0 radical (unpaired) electrons. The first kappa shape index (κ1) is 19.3. The summed E-state index contributed by atoms with van der Waals surface area (Å²) in [5.41, 5.74) is 0.768. The van der Waals surface area contributed by atoms with Crippen molar-refractivity contribution in [3.63, 3.8) is 0 Å². The predicted octanol–water partition coefficient (Wildman–Crippen LogP) is 4.07. The summed E-state index contributed by atoms with van der Waals surface area (Å²) in [7, 11) is 3.10. The lowest BCUT2D eigenvalue weighted by atomic mass is 9.86. The van der Waals surface area contributed by atoms with E-state index >= 15 is 0 Å². The van der Waals surface area contributed by atoms with Crippen LogP contribution in [0, 0.1) is 17.2 Å². The molecule has 0 bridgehead atoms. The van der Waals surface area contributed by atoms with E-state index in [1.54, 1.807) is 32.4 Å². The third-order valence-electron chi connectivity index (χ3n) is 4.56. The topological polar surface area (TPSA) is 71.3 Å². The maximum absolute atomic E-state index is 12.5. The number of nitriles is 1. The maximum atomic E-state index is 12.5. The molecule has 1 amide bonds. The molecule has 1 aliphatic rings. The van der Waals surface area contributed by atoms with Crippen molar-refractivity contribution in [3.8, 4) is 17.6 Å². The molecular weight excluding hydrogens is 384 g/mol. The zero-order chi connectivity index (χ0) is 18.4. The Labute approximate surface area is 157 Å². The Morgan fingerprint density at radius 1 is 1.32 bits per heavy atom. The summed E-state index contributed by atoms with van der Waals surface area (Å²) in [5.74, 6) is 1.21. The highest BCUT2D eigenvalue weighted by molar-refractivity contribution is 9.10. The van der Waals surface area contributed by atoms with Crippen LogP contribution in [0.3, 0.4) is 0 Å². The fourth-order valence-corrected chi connectivity index (χ4v) is 3.73. The predicted molar refractivity (Wildman–Crippen MR) is 100 cm³/mol. The average Bonchev–Trinajstić information content (AvgIpc) is 2.60. The lowest BCUT2D eigenvalue weighted by Crippen LogP contribution is -2.41. The number of methoxy groups -OCH3 is 2. The highest BCUT2D eigenvalue weighted by Crippen LogP contribution is 2.36. The van der Waals surface area contributed by atoms with Gasteiger partial charge in [0.25, 0.3) is 5.91 Å². The van der Waals surface area contributed by atoms with Crippen LogP contribution in [0.4, 0.5) is 0 Å². The first-order valence-electron chi connectivity index (χ1n) is 8.34. The van der Waals surface area contributed by atoms with Gasteiger partial charge in [0.1, 0.15) is 11.6 Å². The van der Waals surface area contributed by atoms with E-state index in [0.29, 0.717) is 27.5 Å². The number of ether oxygens (including phenoxy) is 2. The van der Waals surface area contributed by atoms with Gasteiger partial charge in [-0.2, -0.15) is 5.26 Å². The molecule has 0 unspecified atom stereocenters. The van der Waals surface area contributed by atoms with E-state index in [1.807, 2.05) is 6.07 Å². The van der Waals surface area contributed by atoms with Crippen LogP contribution in [-0.4, -0.2) is 26.2 Å². The Morgan fingerprint density at radius 2 is 2.04 bits per heavy atom. The molecule has 0 saturated heterocycles. The van der Waals surface area contributed by atoms with Crippen LogP contribution in [0.5, 0.6) is 11.5 Å². The number of nitrogens with zero attached hydrogens (tertiary/aromatic N) is 1. The third-order valence-corrected chi connectivity index (χ3v) is 5.15. The Kier molecular flexibility index (Phi) is 6.89.